The lowest BCUT2D eigenvalue weighted by Gasteiger charge is -2.26. The highest BCUT2D eigenvalue weighted by Crippen LogP contribution is 2.11. The first-order chi connectivity index (χ1) is 14.5. The fraction of sp³-hybridized carbons (Fsp3) is 0.591. The number of hydrogen-bond acceptors (Lipinski definition) is 7. The van der Waals surface area contributed by atoms with Crippen molar-refractivity contribution in [3.63, 3.8) is 0 Å². The van der Waals surface area contributed by atoms with E-state index in [4.69, 9.17) is 14.2 Å². The second kappa shape index (κ2) is 12.8. The van der Waals surface area contributed by atoms with Gasteiger partial charge in [-0.2, -0.15) is 0 Å². The Bertz CT molecular complexity index is 704. The fourth-order valence-electron chi connectivity index (χ4n) is 2.63. The third-order valence-corrected chi connectivity index (χ3v) is 4.14. The van der Waals surface area contributed by atoms with Gasteiger partial charge in [-0.1, -0.05) is 30.3 Å². The fourth-order valence-corrected chi connectivity index (χ4v) is 2.63. The Hall–Kier alpha value is -2.81. The molecular formula is C22H34N2O7. The molecule has 9 heteroatoms. The minimum atomic E-state index is -1.55. The van der Waals surface area contributed by atoms with Crippen molar-refractivity contribution in [3.05, 3.63) is 35.9 Å². The van der Waals surface area contributed by atoms with Crippen LogP contribution in [0.25, 0.3) is 0 Å². The molecule has 0 aliphatic rings. The van der Waals surface area contributed by atoms with E-state index in [1.165, 1.54) is 4.90 Å². The van der Waals surface area contributed by atoms with Crippen LogP contribution in [-0.2, 0) is 25.6 Å². The molecule has 0 saturated heterocycles. The van der Waals surface area contributed by atoms with Crippen molar-refractivity contribution in [2.24, 2.45) is 0 Å². The quantitative estimate of drug-likeness (QED) is 0.426. The van der Waals surface area contributed by atoms with Crippen molar-refractivity contribution in [2.75, 3.05) is 20.2 Å². The molecular weight excluding hydrogens is 404 g/mol. The lowest BCUT2D eigenvalue weighted by molar-refractivity contribution is -0.154. The van der Waals surface area contributed by atoms with Crippen molar-refractivity contribution >= 4 is 18.2 Å². The SMILES string of the molecule is CCOC(=O)C(O)C(CCCN(C)C(=O)OCc1ccccc1)NC(=O)OC(C)(C)C. The van der Waals surface area contributed by atoms with E-state index < -0.39 is 35.9 Å². The Morgan fingerprint density at radius 2 is 1.77 bits per heavy atom. The first kappa shape index (κ1) is 26.2. The molecule has 174 valence electrons. The standard InChI is InChI=1S/C22H34N2O7/c1-6-29-19(26)18(25)17(23-20(27)31-22(2,3)4)13-10-14-24(5)21(28)30-15-16-11-8-7-9-12-16/h7-9,11-12,17-18,25H,6,10,13-15H2,1-5H3,(H,23,27). The number of nitrogens with one attached hydrogen (secondary N) is 1. The number of esters is 1. The number of alkyl carbamates (subject to hydrolysis) is 1. The normalized spacial score (nSPS) is 13.0. The van der Waals surface area contributed by atoms with Crippen molar-refractivity contribution in [1.82, 2.24) is 10.2 Å². The van der Waals surface area contributed by atoms with E-state index >= 15 is 0 Å². The van der Waals surface area contributed by atoms with Crippen LogP contribution in [0.1, 0.15) is 46.1 Å². The van der Waals surface area contributed by atoms with Gasteiger partial charge in [0.25, 0.3) is 0 Å². The van der Waals surface area contributed by atoms with E-state index in [2.05, 4.69) is 5.32 Å². The van der Waals surface area contributed by atoms with Crippen LogP contribution >= 0.6 is 0 Å². The number of aliphatic hydroxyl groups excluding tert-OH is 1. The summed E-state index contributed by atoms with van der Waals surface area (Å²) in [7, 11) is 1.59. The maximum Gasteiger partial charge on any atom is 0.409 e. The Balaban J connectivity index is 2.58. The average Bonchev–Trinajstić information content (AvgIpc) is 2.70. The molecule has 0 aliphatic heterocycles. The van der Waals surface area contributed by atoms with Gasteiger partial charge in [-0.3, -0.25) is 0 Å². The van der Waals surface area contributed by atoms with E-state index in [1.54, 1.807) is 34.7 Å². The lowest BCUT2D eigenvalue weighted by Crippen LogP contribution is -2.49. The van der Waals surface area contributed by atoms with E-state index in [-0.39, 0.29) is 19.6 Å². The zero-order valence-corrected chi connectivity index (χ0v) is 18.9. The number of rotatable bonds is 10. The van der Waals surface area contributed by atoms with Crippen LogP contribution in [0.15, 0.2) is 30.3 Å². The molecule has 0 aromatic heterocycles. The van der Waals surface area contributed by atoms with Crippen molar-refractivity contribution in [3.8, 4) is 0 Å². The van der Waals surface area contributed by atoms with Gasteiger partial charge in [0.05, 0.1) is 12.6 Å². The molecule has 9 nitrogen and oxygen atoms in total. The Morgan fingerprint density at radius 3 is 2.35 bits per heavy atom. The van der Waals surface area contributed by atoms with Crippen LogP contribution in [0.4, 0.5) is 9.59 Å². The van der Waals surface area contributed by atoms with E-state index in [9.17, 15) is 19.5 Å². The molecule has 1 aromatic carbocycles. The monoisotopic (exact) mass is 438 g/mol. The van der Waals surface area contributed by atoms with Crippen LogP contribution in [0.5, 0.6) is 0 Å². The molecule has 0 saturated carbocycles. The number of hydrogen-bond donors (Lipinski definition) is 2. The van der Waals surface area contributed by atoms with E-state index in [1.807, 2.05) is 30.3 Å². The van der Waals surface area contributed by atoms with Crippen molar-refractivity contribution in [1.29, 1.82) is 0 Å². The maximum atomic E-state index is 12.1. The number of carbonyl (C=O) groups is 3. The van der Waals surface area contributed by atoms with Gasteiger partial charge in [0, 0.05) is 13.6 Å². The van der Waals surface area contributed by atoms with E-state index in [0.29, 0.717) is 13.0 Å². The molecule has 0 fully saturated rings. The van der Waals surface area contributed by atoms with Crippen molar-refractivity contribution < 1.29 is 33.7 Å². The maximum absolute atomic E-state index is 12.1. The molecule has 2 unspecified atom stereocenters. The van der Waals surface area contributed by atoms with Gasteiger partial charge in [0.2, 0.25) is 0 Å². The van der Waals surface area contributed by atoms with Crippen molar-refractivity contribution in [2.45, 2.75) is 64.9 Å². The van der Waals surface area contributed by atoms with Gasteiger partial charge in [-0.15, -0.1) is 0 Å². The van der Waals surface area contributed by atoms with Gasteiger partial charge >= 0.3 is 18.2 Å². The second-order valence-electron chi connectivity index (χ2n) is 8.05. The molecule has 2 atom stereocenters. The predicted molar refractivity (Wildman–Crippen MR) is 114 cm³/mol. The van der Waals surface area contributed by atoms with Crippen LogP contribution in [-0.4, -0.2) is 66.1 Å². The topological polar surface area (TPSA) is 114 Å². The van der Waals surface area contributed by atoms with Crippen LogP contribution in [0.2, 0.25) is 0 Å². The smallest absolute Gasteiger partial charge is 0.409 e. The number of nitrogens with zero attached hydrogens (tertiary/aromatic N) is 1. The highest BCUT2D eigenvalue weighted by molar-refractivity contribution is 5.77. The number of aliphatic hydroxyl groups is 1. The summed E-state index contributed by atoms with van der Waals surface area (Å²) in [5.74, 6) is -0.834. The largest absolute Gasteiger partial charge is 0.464 e. The summed E-state index contributed by atoms with van der Waals surface area (Å²) < 4.78 is 15.3. The molecule has 1 rings (SSSR count). The van der Waals surface area contributed by atoms with Crippen LogP contribution < -0.4 is 5.32 Å². The molecule has 2 amide bonds. The number of ether oxygens (including phenoxy) is 3. The molecule has 0 bridgehead atoms. The third kappa shape index (κ3) is 10.7. The third-order valence-electron chi connectivity index (χ3n) is 4.14. The average molecular weight is 439 g/mol. The molecule has 1 aromatic rings. The van der Waals surface area contributed by atoms with Gasteiger partial charge in [-0.25, -0.2) is 14.4 Å². The zero-order chi connectivity index (χ0) is 23.4. The summed E-state index contributed by atoms with van der Waals surface area (Å²) in [5, 5.41) is 12.8. The molecule has 2 N–H and O–H groups in total. The highest BCUT2D eigenvalue weighted by atomic mass is 16.6. The Kier molecular flexibility index (Phi) is 10.8. The number of benzene rings is 1. The lowest BCUT2D eigenvalue weighted by atomic mass is 10.1. The highest BCUT2D eigenvalue weighted by Gasteiger charge is 2.30. The summed E-state index contributed by atoms with van der Waals surface area (Å²) in [6.07, 6.45) is -2.19. The first-order valence-electron chi connectivity index (χ1n) is 10.3. The number of carbonyl (C=O) groups excluding carboxylic acids is 3. The molecule has 0 heterocycles. The zero-order valence-electron chi connectivity index (χ0n) is 18.9. The summed E-state index contributed by atoms with van der Waals surface area (Å²) in [6.45, 7) is 7.31. The summed E-state index contributed by atoms with van der Waals surface area (Å²) in [5.41, 5.74) is 0.148. The summed E-state index contributed by atoms with van der Waals surface area (Å²) in [4.78, 5) is 37.6. The molecule has 0 radical (unpaired) electrons. The Morgan fingerprint density at radius 1 is 1.13 bits per heavy atom. The van der Waals surface area contributed by atoms with Gasteiger partial charge in [0.15, 0.2) is 6.10 Å². The minimum absolute atomic E-state index is 0.102. The van der Waals surface area contributed by atoms with Gasteiger partial charge in [0.1, 0.15) is 12.2 Å². The van der Waals surface area contributed by atoms with Crippen LogP contribution in [0.3, 0.4) is 0 Å². The molecule has 0 aliphatic carbocycles. The van der Waals surface area contributed by atoms with Crippen LogP contribution in [0, 0.1) is 0 Å². The first-order valence-corrected chi connectivity index (χ1v) is 10.3. The Labute approximate surface area is 183 Å². The molecule has 0 spiro atoms. The van der Waals surface area contributed by atoms with Gasteiger partial charge in [-0.05, 0) is 46.1 Å². The summed E-state index contributed by atoms with van der Waals surface area (Å²) in [6, 6.07) is 8.39. The molecule has 31 heavy (non-hydrogen) atoms. The van der Waals surface area contributed by atoms with Gasteiger partial charge < -0.3 is 29.5 Å². The predicted octanol–water partition coefficient (Wildman–Crippen LogP) is 2.85. The second-order valence-corrected chi connectivity index (χ2v) is 8.05. The minimum Gasteiger partial charge on any atom is -0.464 e. The van der Waals surface area contributed by atoms with E-state index in [0.717, 1.165) is 5.56 Å². The number of amides is 2. The summed E-state index contributed by atoms with van der Waals surface area (Å²) >= 11 is 0.